The molecule has 2 heterocycles. The van der Waals surface area contributed by atoms with Gasteiger partial charge in [-0.3, -0.25) is 4.79 Å². The second-order valence-corrected chi connectivity index (χ2v) is 7.74. The van der Waals surface area contributed by atoms with Crippen molar-refractivity contribution in [2.75, 3.05) is 0 Å². The lowest BCUT2D eigenvalue weighted by atomic mass is 9.96. The van der Waals surface area contributed by atoms with Gasteiger partial charge in [-0.15, -0.1) is 16.2 Å². The average molecular weight is 377 g/mol. The molecule has 0 radical (unpaired) electrons. The second kappa shape index (κ2) is 7.06. The van der Waals surface area contributed by atoms with E-state index in [0.29, 0.717) is 21.9 Å². The van der Waals surface area contributed by atoms with E-state index >= 15 is 0 Å². The van der Waals surface area contributed by atoms with Crippen LogP contribution in [0.2, 0.25) is 0 Å². The maximum absolute atomic E-state index is 12.3. The molecule has 2 aromatic heterocycles. The topological polar surface area (TPSA) is 74.3 Å². The van der Waals surface area contributed by atoms with E-state index < -0.39 is 0 Å². The Morgan fingerprint density at radius 1 is 1.11 bits per heavy atom. The number of hydrogen-bond acceptors (Lipinski definition) is 5. The summed E-state index contributed by atoms with van der Waals surface area (Å²) < 4.78 is 0.657. The number of aromatic nitrogens is 1. The summed E-state index contributed by atoms with van der Waals surface area (Å²) in [6.07, 6.45) is 0. The minimum absolute atomic E-state index is 0.111. The van der Waals surface area contributed by atoms with E-state index in [9.17, 15) is 9.70 Å². The van der Waals surface area contributed by atoms with Crippen molar-refractivity contribution in [1.29, 1.82) is 0 Å². The Bertz CT molecular complexity index is 1190. The molecular weight excluding hydrogens is 358 g/mol. The standard InChI is InChI=1S/C21H19N3O2S/c1-12(2)22-11-13-3-5-14(6-4-13)18-17(24-26)8-7-16-19(18)15-9-10-27-20(15)21(25)23-16/h3-10,12,22H,11H2,1-2H3,(H,23,25). The fourth-order valence-corrected chi connectivity index (χ4v) is 4.11. The van der Waals surface area contributed by atoms with E-state index in [2.05, 4.69) is 41.5 Å². The number of pyridine rings is 1. The molecule has 0 aliphatic carbocycles. The van der Waals surface area contributed by atoms with Crippen molar-refractivity contribution in [2.24, 2.45) is 5.18 Å². The highest BCUT2D eigenvalue weighted by atomic mass is 32.1. The van der Waals surface area contributed by atoms with Gasteiger partial charge in [0.1, 0.15) is 10.4 Å². The summed E-state index contributed by atoms with van der Waals surface area (Å²) in [5.41, 5.74) is 3.80. The first-order valence-electron chi connectivity index (χ1n) is 8.80. The van der Waals surface area contributed by atoms with Gasteiger partial charge in [0.2, 0.25) is 0 Å². The van der Waals surface area contributed by atoms with Gasteiger partial charge in [-0.05, 0) is 39.9 Å². The van der Waals surface area contributed by atoms with Crippen LogP contribution in [0.3, 0.4) is 0 Å². The number of aromatic amines is 1. The van der Waals surface area contributed by atoms with Gasteiger partial charge in [-0.1, -0.05) is 38.1 Å². The minimum Gasteiger partial charge on any atom is -0.321 e. The van der Waals surface area contributed by atoms with Crippen LogP contribution < -0.4 is 10.9 Å². The maximum atomic E-state index is 12.3. The van der Waals surface area contributed by atoms with Crippen molar-refractivity contribution in [2.45, 2.75) is 26.4 Å². The molecule has 0 saturated carbocycles. The monoisotopic (exact) mass is 377 g/mol. The summed E-state index contributed by atoms with van der Waals surface area (Å²) in [6.45, 7) is 5.01. The molecule has 0 spiro atoms. The van der Waals surface area contributed by atoms with Gasteiger partial charge in [-0.25, -0.2) is 0 Å². The van der Waals surface area contributed by atoms with Crippen LogP contribution in [0.5, 0.6) is 0 Å². The Kier molecular flexibility index (Phi) is 4.59. The third-order valence-corrected chi connectivity index (χ3v) is 5.54. The van der Waals surface area contributed by atoms with Crippen molar-refractivity contribution < 1.29 is 0 Å². The van der Waals surface area contributed by atoms with Gasteiger partial charge < -0.3 is 10.3 Å². The molecule has 2 N–H and O–H groups in total. The number of fused-ring (bicyclic) bond motifs is 3. The number of hydrogen-bond donors (Lipinski definition) is 2. The largest absolute Gasteiger partial charge is 0.321 e. The highest BCUT2D eigenvalue weighted by Crippen LogP contribution is 2.40. The zero-order valence-electron chi connectivity index (χ0n) is 15.1. The maximum Gasteiger partial charge on any atom is 0.266 e. The van der Waals surface area contributed by atoms with Crippen LogP contribution in [0.15, 0.2) is 57.8 Å². The number of nitrogens with one attached hydrogen (secondary N) is 2. The highest BCUT2D eigenvalue weighted by Gasteiger charge is 2.16. The summed E-state index contributed by atoms with van der Waals surface area (Å²) in [4.78, 5) is 26.7. The molecule has 0 bridgehead atoms. The van der Waals surface area contributed by atoms with E-state index in [-0.39, 0.29) is 5.56 Å². The number of nitrogens with zero attached hydrogens (tertiary/aromatic N) is 1. The van der Waals surface area contributed by atoms with Crippen molar-refractivity contribution in [3.63, 3.8) is 0 Å². The van der Waals surface area contributed by atoms with Gasteiger partial charge >= 0.3 is 0 Å². The van der Waals surface area contributed by atoms with Crippen LogP contribution in [0.25, 0.3) is 32.1 Å². The third kappa shape index (κ3) is 3.18. The second-order valence-electron chi connectivity index (χ2n) is 6.82. The summed E-state index contributed by atoms with van der Waals surface area (Å²) in [7, 11) is 0. The zero-order chi connectivity index (χ0) is 19.0. The SMILES string of the molecule is CC(C)NCc1ccc(-c2c(N=O)ccc3[nH]c(=O)c4sccc4c23)cc1. The molecule has 4 rings (SSSR count). The van der Waals surface area contributed by atoms with E-state index in [4.69, 9.17) is 0 Å². The summed E-state index contributed by atoms with van der Waals surface area (Å²) in [5, 5.41) is 10.2. The molecular formula is C21H19N3O2S. The number of nitroso groups, excluding NO2 is 1. The molecule has 0 unspecified atom stereocenters. The van der Waals surface area contributed by atoms with Crippen LogP contribution >= 0.6 is 11.3 Å². The summed E-state index contributed by atoms with van der Waals surface area (Å²) >= 11 is 1.40. The molecule has 4 aromatic rings. The van der Waals surface area contributed by atoms with Gasteiger partial charge in [-0.2, -0.15) is 0 Å². The molecule has 0 saturated heterocycles. The van der Waals surface area contributed by atoms with Crippen molar-refractivity contribution in [1.82, 2.24) is 10.3 Å². The van der Waals surface area contributed by atoms with Gasteiger partial charge in [0.05, 0.1) is 0 Å². The highest BCUT2D eigenvalue weighted by molar-refractivity contribution is 7.17. The van der Waals surface area contributed by atoms with E-state index in [0.717, 1.165) is 28.4 Å². The molecule has 0 amide bonds. The molecule has 27 heavy (non-hydrogen) atoms. The van der Waals surface area contributed by atoms with Crippen LogP contribution in [-0.2, 0) is 6.54 Å². The Hall–Kier alpha value is -2.83. The lowest BCUT2D eigenvalue weighted by Gasteiger charge is -2.12. The summed E-state index contributed by atoms with van der Waals surface area (Å²) in [6, 6.07) is 13.9. The van der Waals surface area contributed by atoms with Crippen molar-refractivity contribution in [3.8, 4) is 11.1 Å². The van der Waals surface area contributed by atoms with Gasteiger partial charge in [0, 0.05) is 34.4 Å². The van der Waals surface area contributed by atoms with E-state index in [1.165, 1.54) is 16.9 Å². The normalized spacial score (nSPS) is 11.5. The lowest BCUT2D eigenvalue weighted by Crippen LogP contribution is -2.21. The number of H-pyrrole nitrogens is 1. The van der Waals surface area contributed by atoms with Gasteiger partial charge in [0.15, 0.2) is 0 Å². The number of rotatable bonds is 5. The molecule has 5 nitrogen and oxygen atoms in total. The minimum atomic E-state index is -0.111. The molecule has 2 aromatic carbocycles. The van der Waals surface area contributed by atoms with E-state index in [1.54, 1.807) is 12.1 Å². The number of thiophene rings is 1. The van der Waals surface area contributed by atoms with E-state index in [1.807, 2.05) is 23.6 Å². The average Bonchev–Trinajstić information content (AvgIpc) is 3.16. The van der Waals surface area contributed by atoms with Crippen LogP contribution in [0.1, 0.15) is 19.4 Å². The quantitative estimate of drug-likeness (QED) is 0.463. The fraction of sp³-hybridized carbons (Fsp3) is 0.190. The first-order valence-corrected chi connectivity index (χ1v) is 9.68. The molecule has 0 atom stereocenters. The number of benzene rings is 2. The molecule has 6 heteroatoms. The Morgan fingerprint density at radius 2 is 1.89 bits per heavy atom. The molecule has 0 fully saturated rings. The molecule has 0 aliphatic heterocycles. The van der Waals surface area contributed by atoms with Crippen molar-refractivity contribution >= 4 is 38.0 Å². The fourth-order valence-electron chi connectivity index (χ4n) is 3.32. The smallest absolute Gasteiger partial charge is 0.266 e. The van der Waals surface area contributed by atoms with Crippen LogP contribution in [-0.4, -0.2) is 11.0 Å². The summed E-state index contributed by atoms with van der Waals surface area (Å²) in [5.74, 6) is 0. The predicted octanol–water partition coefficient (Wildman–Crippen LogP) is 5.31. The Labute approximate surface area is 160 Å². The lowest BCUT2D eigenvalue weighted by molar-refractivity contribution is 0.589. The first-order chi connectivity index (χ1) is 13.1. The predicted molar refractivity (Wildman–Crippen MR) is 113 cm³/mol. The van der Waals surface area contributed by atoms with Crippen molar-refractivity contribution in [3.05, 3.63) is 68.7 Å². The van der Waals surface area contributed by atoms with Crippen LogP contribution in [0, 0.1) is 4.91 Å². The third-order valence-electron chi connectivity index (χ3n) is 4.63. The Balaban J connectivity index is 1.93. The van der Waals surface area contributed by atoms with Gasteiger partial charge in [0.25, 0.3) is 5.56 Å². The first kappa shape index (κ1) is 17.6. The Morgan fingerprint density at radius 3 is 2.59 bits per heavy atom. The van der Waals surface area contributed by atoms with Crippen LogP contribution in [0.4, 0.5) is 5.69 Å². The molecule has 136 valence electrons. The molecule has 0 aliphatic rings. The zero-order valence-corrected chi connectivity index (χ0v) is 15.9.